The third kappa shape index (κ3) is 6.60. The van der Waals surface area contributed by atoms with Crippen LogP contribution in [0.25, 0.3) is 0 Å². The largest absolute Gasteiger partial charge is 0.481 e. The van der Waals surface area contributed by atoms with E-state index in [2.05, 4.69) is 41.4 Å². The number of nitrogens with zero attached hydrogens (tertiary/aromatic N) is 1. The van der Waals surface area contributed by atoms with Crippen molar-refractivity contribution in [2.75, 3.05) is 13.1 Å². The Balaban J connectivity index is 1.52. The molecular formula is C25H34N2O2. The van der Waals surface area contributed by atoms with E-state index in [1.165, 1.54) is 43.5 Å². The summed E-state index contributed by atoms with van der Waals surface area (Å²) < 4.78 is 5.92. The highest BCUT2D eigenvalue weighted by atomic mass is 16.5. The molecule has 3 rings (SSSR count). The molecule has 1 fully saturated rings. The minimum atomic E-state index is -0.473. The lowest BCUT2D eigenvalue weighted by Gasteiger charge is -2.26. The average Bonchev–Trinajstić information content (AvgIpc) is 2.77. The number of carbonyl (C=O) groups is 1. The number of amides is 1. The molecule has 0 spiro atoms. The van der Waals surface area contributed by atoms with Crippen LogP contribution >= 0.6 is 0 Å². The zero-order chi connectivity index (χ0) is 20.5. The Labute approximate surface area is 175 Å². The van der Waals surface area contributed by atoms with E-state index < -0.39 is 6.10 Å². The van der Waals surface area contributed by atoms with Crippen LogP contribution in [0.1, 0.15) is 56.2 Å². The van der Waals surface area contributed by atoms with Crippen molar-refractivity contribution < 1.29 is 9.53 Å². The quantitative estimate of drug-likeness (QED) is 0.670. The van der Waals surface area contributed by atoms with E-state index >= 15 is 0 Å². The Bertz CT molecular complexity index is 767. The first-order valence-corrected chi connectivity index (χ1v) is 11.0. The third-order valence-electron chi connectivity index (χ3n) is 5.59. The number of likely N-dealkylation sites (tertiary alicyclic amines) is 1. The Morgan fingerprint density at radius 2 is 1.72 bits per heavy atom. The van der Waals surface area contributed by atoms with E-state index in [0.717, 1.165) is 24.3 Å². The van der Waals surface area contributed by atoms with Crippen molar-refractivity contribution >= 4 is 5.91 Å². The molecular weight excluding hydrogens is 360 g/mol. The molecule has 0 radical (unpaired) electrons. The number of ether oxygens (including phenoxy) is 1. The van der Waals surface area contributed by atoms with Gasteiger partial charge >= 0.3 is 0 Å². The van der Waals surface area contributed by atoms with Gasteiger partial charge in [-0.3, -0.25) is 9.69 Å². The van der Waals surface area contributed by atoms with Gasteiger partial charge < -0.3 is 10.1 Å². The number of rotatable bonds is 9. The molecule has 156 valence electrons. The van der Waals surface area contributed by atoms with Gasteiger partial charge in [-0.1, -0.05) is 56.7 Å². The van der Waals surface area contributed by atoms with Gasteiger partial charge in [0.15, 0.2) is 6.10 Å². The van der Waals surface area contributed by atoms with Crippen LogP contribution in [-0.2, 0) is 24.3 Å². The van der Waals surface area contributed by atoms with Crippen molar-refractivity contribution in [3.8, 4) is 5.75 Å². The van der Waals surface area contributed by atoms with E-state index in [0.29, 0.717) is 13.0 Å². The van der Waals surface area contributed by atoms with Crippen molar-refractivity contribution in [2.45, 2.75) is 65.1 Å². The fourth-order valence-corrected chi connectivity index (χ4v) is 3.81. The van der Waals surface area contributed by atoms with Crippen LogP contribution in [0.3, 0.4) is 0 Å². The number of hydrogen-bond acceptors (Lipinski definition) is 3. The zero-order valence-corrected chi connectivity index (χ0v) is 17.8. The van der Waals surface area contributed by atoms with Gasteiger partial charge in [-0.25, -0.2) is 0 Å². The SMILES string of the molecule is CCc1ccc(O[C@@H](CC)C(=O)NCc2cccc(CN3CCCCC3)c2)cc1. The number of piperidine rings is 1. The summed E-state index contributed by atoms with van der Waals surface area (Å²) in [5.41, 5.74) is 3.72. The smallest absolute Gasteiger partial charge is 0.261 e. The standard InChI is InChI=1S/C25H34N2O2/c1-3-20-11-13-23(14-12-20)29-24(4-2)25(28)26-18-21-9-8-10-22(17-21)19-27-15-6-5-7-16-27/h8-14,17,24H,3-7,15-16,18-19H2,1-2H3,(H,26,28)/t24-/m0/s1. The second-order valence-electron chi connectivity index (χ2n) is 7.89. The molecule has 1 heterocycles. The summed E-state index contributed by atoms with van der Waals surface area (Å²) >= 11 is 0. The normalized spacial score (nSPS) is 15.7. The van der Waals surface area contributed by atoms with Crippen molar-refractivity contribution in [2.24, 2.45) is 0 Å². The predicted molar refractivity (Wildman–Crippen MR) is 118 cm³/mol. The van der Waals surface area contributed by atoms with Crippen LogP contribution in [0.2, 0.25) is 0 Å². The van der Waals surface area contributed by atoms with Crippen LogP contribution in [0.4, 0.5) is 0 Å². The molecule has 2 aromatic carbocycles. The van der Waals surface area contributed by atoms with Gasteiger partial charge in [0, 0.05) is 13.1 Å². The molecule has 0 aromatic heterocycles. The van der Waals surface area contributed by atoms with Gasteiger partial charge in [-0.05, 0) is 67.6 Å². The summed E-state index contributed by atoms with van der Waals surface area (Å²) in [6.07, 6.45) is 5.11. The number of carbonyl (C=O) groups excluding carboxylic acids is 1. The van der Waals surface area contributed by atoms with Crippen LogP contribution in [0, 0.1) is 0 Å². The highest BCUT2D eigenvalue weighted by Gasteiger charge is 2.18. The maximum absolute atomic E-state index is 12.6. The van der Waals surface area contributed by atoms with E-state index in [9.17, 15) is 4.79 Å². The number of nitrogens with one attached hydrogen (secondary N) is 1. The van der Waals surface area contributed by atoms with Crippen LogP contribution in [0.15, 0.2) is 48.5 Å². The first-order valence-electron chi connectivity index (χ1n) is 11.0. The molecule has 1 aliphatic heterocycles. The average molecular weight is 395 g/mol. The fraction of sp³-hybridized carbons (Fsp3) is 0.480. The first kappa shape index (κ1) is 21.4. The minimum absolute atomic E-state index is 0.0616. The van der Waals surface area contributed by atoms with Gasteiger partial charge in [0.2, 0.25) is 0 Å². The maximum Gasteiger partial charge on any atom is 0.261 e. The van der Waals surface area contributed by atoms with Crippen molar-refractivity contribution in [1.82, 2.24) is 10.2 Å². The highest BCUT2D eigenvalue weighted by Crippen LogP contribution is 2.16. The number of benzene rings is 2. The van der Waals surface area contributed by atoms with E-state index in [-0.39, 0.29) is 5.91 Å². The maximum atomic E-state index is 12.6. The molecule has 0 unspecified atom stereocenters. The van der Waals surface area contributed by atoms with Crippen molar-refractivity contribution in [3.63, 3.8) is 0 Å². The molecule has 2 aromatic rings. The first-order chi connectivity index (χ1) is 14.2. The Kier molecular flexibility index (Phi) is 8.12. The van der Waals surface area contributed by atoms with Crippen molar-refractivity contribution in [3.05, 3.63) is 65.2 Å². The molecule has 4 heteroatoms. The lowest BCUT2D eigenvalue weighted by atomic mass is 10.1. The van der Waals surface area contributed by atoms with E-state index in [1.807, 2.05) is 31.2 Å². The summed E-state index contributed by atoms with van der Waals surface area (Å²) in [6, 6.07) is 16.5. The van der Waals surface area contributed by atoms with Crippen LogP contribution in [0.5, 0.6) is 5.75 Å². The predicted octanol–water partition coefficient (Wildman–Crippen LogP) is 4.71. The molecule has 29 heavy (non-hydrogen) atoms. The van der Waals surface area contributed by atoms with E-state index in [1.54, 1.807) is 0 Å². The number of aryl methyl sites for hydroxylation is 1. The lowest BCUT2D eigenvalue weighted by Crippen LogP contribution is -2.37. The molecule has 1 saturated heterocycles. The molecule has 1 amide bonds. The molecule has 0 bridgehead atoms. The van der Waals surface area contributed by atoms with Crippen molar-refractivity contribution in [1.29, 1.82) is 0 Å². The molecule has 4 nitrogen and oxygen atoms in total. The Morgan fingerprint density at radius 1 is 1.00 bits per heavy atom. The topological polar surface area (TPSA) is 41.6 Å². The third-order valence-corrected chi connectivity index (χ3v) is 5.59. The lowest BCUT2D eigenvalue weighted by molar-refractivity contribution is -0.128. The summed E-state index contributed by atoms with van der Waals surface area (Å²) in [4.78, 5) is 15.2. The summed E-state index contributed by atoms with van der Waals surface area (Å²) in [5, 5.41) is 3.05. The molecule has 1 N–H and O–H groups in total. The molecule has 0 saturated carbocycles. The zero-order valence-electron chi connectivity index (χ0n) is 17.8. The summed E-state index contributed by atoms with van der Waals surface area (Å²) in [6.45, 7) is 8.01. The molecule has 1 atom stereocenters. The second-order valence-corrected chi connectivity index (χ2v) is 7.89. The summed E-state index contributed by atoms with van der Waals surface area (Å²) in [7, 11) is 0. The van der Waals surface area contributed by atoms with Gasteiger partial charge in [-0.15, -0.1) is 0 Å². The summed E-state index contributed by atoms with van der Waals surface area (Å²) in [5.74, 6) is 0.682. The van der Waals surface area contributed by atoms with Gasteiger partial charge in [-0.2, -0.15) is 0 Å². The number of hydrogen-bond donors (Lipinski definition) is 1. The Hall–Kier alpha value is -2.33. The second kappa shape index (κ2) is 11.0. The highest BCUT2D eigenvalue weighted by molar-refractivity contribution is 5.81. The van der Waals surface area contributed by atoms with Gasteiger partial charge in [0.25, 0.3) is 5.91 Å². The van der Waals surface area contributed by atoms with Crippen LogP contribution in [-0.4, -0.2) is 30.0 Å². The minimum Gasteiger partial charge on any atom is -0.481 e. The van der Waals surface area contributed by atoms with Crippen LogP contribution < -0.4 is 10.1 Å². The monoisotopic (exact) mass is 394 g/mol. The molecule has 0 aliphatic carbocycles. The Morgan fingerprint density at radius 3 is 2.41 bits per heavy atom. The fourth-order valence-electron chi connectivity index (χ4n) is 3.81. The molecule has 1 aliphatic rings. The van der Waals surface area contributed by atoms with Gasteiger partial charge in [0.05, 0.1) is 0 Å². The van der Waals surface area contributed by atoms with Gasteiger partial charge in [0.1, 0.15) is 5.75 Å². The van der Waals surface area contributed by atoms with E-state index in [4.69, 9.17) is 4.74 Å².